The van der Waals surface area contributed by atoms with Crippen LogP contribution in [0, 0.1) is 0 Å². The van der Waals surface area contributed by atoms with Crippen molar-refractivity contribution < 1.29 is 0 Å². The molecule has 94 valence electrons. The Morgan fingerprint density at radius 2 is 2.22 bits per heavy atom. The predicted molar refractivity (Wildman–Crippen MR) is 69.6 cm³/mol. The highest BCUT2D eigenvalue weighted by molar-refractivity contribution is 6.29. The molecule has 1 fully saturated rings. The molecule has 0 saturated carbocycles. The van der Waals surface area contributed by atoms with E-state index in [4.69, 9.17) is 11.6 Å². The van der Waals surface area contributed by atoms with Gasteiger partial charge in [-0.05, 0) is 12.8 Å². The molecule has 1 aliphatic heterocycles. The largest absolute Gasteiger partial charge is 0.348 e. The van der Waals surface area contributed by atoms with Crippen LogP contribution in [0.1, 0.15) is 24.4 Å². The molecule has 2 aromatic heterocycles. The van der Waals surface area contributed by atoms with Crippen LogP contribution < -0.4 is 4.90 Å². The van der Waals surface area contributed by atoms with E-state index in [2.05, 4.69) is 26.2 Å². The molecule has 5 nitrogen and oxygen atoms in total. The summed E-state index contributed by atoms with van der Waals surface area (Å²) in [7, 11) is 1.93. The maximum absolute atomic E-state index is 5.90. The van der Waals surface area contributed by atoms with Crippen LogP contribution in [0.4, 0.5) is 5.82 Å². The van der Waals surface area contributed by atoms with Crippen molar-refractivity contribution >= 4 is 17.4 Å². The van der Waals surface area contributed by atoms with E-state index in [-0.39, 0.29) is 0 Å². The van der Waals surface area contributed by atoms with Gasteiger partial charge >= 0.3 is 0 Å². The fraction of sp³-hybridized carbons (Fsp3) is 0.417. The number of anilines is 1. The molecule has 0 bridgehead atoms. The van der Waals surface area contributed by atoms with Crippen molar-refractivity contribution in [1.29, 1.82) is 0 Å². The highest BCUT2D eigenvalue weighted by Gasteiger charge is 2.28. The van der Waals surface area contributed by atoms with Gasteiger partial charge in [0.25, 0.3) is 0 Å². The summed E-state index contributed by atoms with van der Waals surface area (Å²) in [6.07, 6.45) is 9.55. The lowest BCUT2D eigenvalue weighted by Crippen LogP contribution is -2.23. The third-order valence-electron chi connectivity index (χ3n) is 3.25. The van der Waals surface area contributed by atoms with Gasteiger partial charge in [0.15, 0.2) is 0 Å². The van der Waals surface area contributed by atoms with Crippen molar-refractivity contribution in [3.05, 3.63) is 35.5 Å². The number of halogens is 1. The molecule has 1 aliphatic rings. The predicted octanol–water partition coefficient (Wildman–Crippen LogP) is 2.21. The van der Waals surface area contributed by atoms with Crippen LogP contribution in [0.2, 0.25) is 5.15 Å². The molecule has 0 aromatic carbocycles. The molecule has 0 radical (unpaired) electrons. The Kier molecular flexibility index (Phi) is 2.91. The maximum Gasteiger partial charge on any atom is 0.149 e. The fourth-order valence-electron chi connectivity index (χ4n) is 2.47. The fourth-order valence-corrected chi connectivity index (χ4v) is 2.61. The van der Waals surface area contributed by atoms with Crippen LogP contribution in [0.25, 0.3) is 0 Å². The third kappa shape index (κ3) is 2.06. The monoisotopic (exact) mass is 263 g/mol. The molecule has 0 spiro atoms. The van der Waals surface area contributed by atoms with E-state index < -0.39 is 0 Å². The molecule has 0 N–H and O–H groups in total. The Hall–Kier alpha value is -1.62. The first-order chi connectivity index (χ1) is 8.74. The van der Waals surface area contributed by atoms with Gasteiger partial charge in [0, 0.05) is 25.4 Å². The van der Waals surface area contributed by atoms with Crippen molar-refractivity contribution in [3.63, 3.8) is 0 Å². The van der Waals surface area contributed by atoms with Gasteiger partial charge in [0.05, 0.1) is 24.6 Å². The normalized spacial score (nSPS) is 19.4. The molecule has 1 saturated heterocycles. The third-order valence-corrected chi connectivity index (χ3v) is 3.43. The number of rotatable bonds is 2. The summed E-state index contributed by atoms with van der Waals surface area (Å²) in [5.74, 6) is 0.842. The topological polar surface area (TPSA) is 46.8 Å². The first-order valence-corrected chi connectivity index (χ1v) is 6.34. The summed E-state index contributed by atoms with van der Waals surface area (Å²) in [6, 6.07) is 0.325. The first-order valence-electron chi connectivity index (χ1n) is 5.97. The minimum absolute atomic E-state index is 0.325. The van der Waals surface area contributed by atoms with Crippen LogP contribution in [0.5, 0.6) is 0 Å². The summed E-state index contributed by atoms with van der Waals surface area (Å²) in [6.45, 7) is 0.981. The van der Waals surface area contributed by atoms with E-state index >= 15 is 0 Å². The average molecular weight is 264 g/mol. The lowest BCUT2D eigenvalue weighted by molar-refractivity contribution is 0.706. The van der Waals surface area contributed by atoms with Crippen LogP contribution in [0.3, 0.4) is 0 Å². The van der Waals surface area contributed by atoms with Crippen LogP contribution in [0.15, 0.2) is 24.8 Å². The van der Waals surface area contributed by atoms with E-state index in [1.807, 2.05) is 17.9 Å². The quantitative estimate of drug-likeness (QED) is 0.833. The van der Waals surface area contributed by atoms with Crippen molar-refractivity contribution in [1.82, 2.24) is 19.7 Å². The summed E-state index contributed by atoms with van der Waals surface area (Å²) < 4.78 is 1.83. The Balaban J connectivity index is 1.92. The zero-order valence-electron chi connectivity index (χ0n) is 10.1. The van der Waals surface area contributed by atoms with Gasteiger partial charge in [-0.25, -0.2) is 4.98 Å². The highest BCUT2D eigenvalue weighted by Crippen LogP contribution is 2.34. The van der Waals surface area contributed by atoms with Crippen molar-refractivity contribution in [3.8, 4) is 0 Å². The second-order valence-electron chi connectivity index (χ2n) is 4.50. The molecule has 3 heterocycles. The lowest BCUT2D eigenvalue weighted by Gasteiger charge is -2.24. The van der Waals surface area contributed by atoms with E-state index in [1.54, 1.807) is 12.4 Å². The van der Waals surface area contributed by atoms with Crippen molar-refractivity contribution in [2.24, 2.45) is 7.05 Å². The zero-order valence-corrected chi connectivity index (χ0v) is 10.9. The van der Waals surface area contributed by atoms with E-state index in [1.165, 1.54) is 5.56 Å². The molecule has 2 aromatic rings. The SMILES string of the molecule is Cn1cc(C2CCCN2c2cncc(Cl)n2)cn1. The molecule has 6 heteroatoms. The summed E-state index contributed by atoms with van der Waals surface area (Å²) in [4.78, 5) is 10.7. The molecule has 18 heavy (non-hydrogen) atoms. The van der Waals surface area contributed by atoms with Gasteiger partial charge in [-0.1, -0.05) is 11.6 Å². The molecule has 1 atom stereocenters. The second kappa shape index (κ2) is 4.57. The summed E-state index contributed by atoms with van der Waals surface area (Å²) >= 11 is 5.90. The Labute approximate surface area is 110 Å². The van der Waals surface area contributed by atoms with Gasteiger partial charge < -0.3 is 4.90 Å². The number of hydrogen-bond acceptors (Lipinski definition) is 4. The number of nitrogens with zero attached hydrogens (tertiary/aromatic N) is 5. The maximum atomic E-state index is 5.90. The van der Waals surface area contributed by atoms with Gasteiger partial charge in [-0.2, -0.15) is 5.10 Å². The van der Waals surface area contributed by atoms with Crippen LogP contribution in [-0.2, 0) is 7.05 Å². The highest BCUT2D eigenvalue weighted by atomic mass is 35.5. The van der Waals surface area contributed by atoms with Crippen molar-refractivity contribution in [2.45, 2.75) is 18.9 Å². The summed E-state index contributed by atoms with van der Waals surface area (Å²) in [5.41, 5.74) is 1.22. The van der Waals surface area contributed by atoms with E-state index in [0.717, 1.165) is 25.2 Å². The minimum atomic E-state index is 0.325. The van der Waals surface area contributed by atoms with E-state index in [0.29, 0.717) is 11.2 Å². The Morgan fingerprint density at radius 1 is 1.33 bits per heavy atom. The van der Waals surface area contributed by atoms with Crippen LogP contribution in [-0.4, -0.2) is 26.3 Å². The van der Waals surface area contributed by atoms with Crippen LogP contribution >= 0.6 is 11.6 Å². The number of hydrogen-bond donors (Lipinski definition) is 0. The summed E-state index contributed by atoms with van der Waals surface area (Å²) in [5, 5.41) is 4.67. The molecular formula is C12H14ClN5. The molecule has 1 unspecified atom stereocenters. The van der Waals surface area contributed by atoms with Gasteiger partial charge in [0.2, 0.25) is 0 Å². The van der Waals surface area contributed by atoms with Gasteiger partial charge in [0.1, 0.15) is 11.0 Å². The second-order valence-corrected chi connectivity index (χ2v) is 4.89. The molecule has 3 rings (SSSR count). The molecular weight excluding hydrogens is 250 g/mol. The first kappa shape index (κ1) is 11.5. The average Bonchev–Trinajstić information content (AvgIpc) is 2.96. The van der Waals surface area contributed by atoms with Gasteiger partial charge in [-0.15, -0.1) is 0 Å². The van der Waals surface area contributed by atoms with E-state index in [9.17, 15) is 0 Å². The van der Waals surface area contributed by atoms with Gasteiger partial charge in [-0.3, -0.25) is 9.67 Å². The Bertz CT molecular complexity index is 553. The number of aryl methyl sites for hydroxylation is 1. The standard InChI is InChI=1S/C12H14ClN5/c1-17-8-9(5-15-17)10-3-2-4-18(10)12-7-14-6-11(13)16-12/h5-8,10H,2-4H2,1H3. The van der Waals surface area contributed by atoms with Crippen molar-refractivity contribution in [2.75, 3.05) is 11.4 Å². The number of aromatic nitrogens is 4. The molecule has 0 amide bonds. The lowest BCUT2D eigenvalue weighted by atomic mass is 10.1. The smallest absolute Gasteiger partial charge is 0.149 e. The Morgan fingerprint density at radius 3 is 2.94 bits per heavy atom. The zero-order chi connectivity index (χ0) is 12.5. The molecule has 0 aliphatic carbocycles. The minimum Gasteiger partial charge on any atom is -0.348 e.